The lowest BCUT2D eigenvalue weighted by atomic mass is 10.00. The van der Waals surface area contributed by atoms with Gasteiger partial charge in [-0.2, -0.15) is 0 Å². The molecule has 1 aromatic carbocycles. The first kappa shape index (κ1) is 16.1. The Hall–Kier alpha value is -2.36. The minimum absolute atomic E-state index is 0.123. The molecular formula is C21H25N3O. The topological polar surface area (TPSA) is 36.4 Å². The van der Waals surface area contributed by atoms with Crippen LogP contribution in [-0.2, 0) is 6.42 Å². The summed E-state index contributed by atoms with van der Waals surface area (Å²) in [5.74, 6) is 0.927. The van der Waals surface area contributed by atoms with Gasteiger partial charge in [-0.1, -0.05) is 18.2 Å². The first-order valence-corrected chi connectivity index (χ1v) is 9.37. The van der Waals surface area contributed by atoms with Gasteiger partial charge in [-0.05, 0) is 62.8 Å². The lowest BCUT2D eigenvalue weighted by Crippen LogP contribution is -2.42. The molecule has 3 heterocycles. The first-order valence-electron chi connectivity index (χ1n) is 9.37. The Labute approximate surface area is 149 Å². The number of aromatic nitrogens is 1. The standard InChI is InChI=1S/C21H25N3O/c1-16-8-4-5-14-23(16)21(25)18-11-6-13-22-20(18)24-15-7-10-17-9-2-3-12-19(17)24/h2-3,6,9,11-13,16H,4-5,7-8,10,14-15H2,1H3. The molecule has 1 saturated heterocycles. The van der Waals surface area contributed by atoms with Crippen LogP contribution in [0.4, 0.5) is 11.5 Å². The molecule has 1 atom stereocenters. The van der Waals surface area contributed by atoms with E-state index in [-0.39, 0.29) is 5.91 Å². The summed E-state index contributed by atoms with van der Waals surface area (Å²) in [6.45, 7) is 3.91. The molecule has 0 radical (unpaired) electrons. The second-order valence-corrected chi connectivity index (χ2v) is 7.10. The third kappa shape index (κ3) is 3.01. The van der Waals surface area contributed by atoms with E-state index in [1.165, 1.54) is 17.7 Å². The Kier molecular flexibility index (Phi) is 4.43. The van der Waals surface area contributed by atoms with E-state index < -0.39 is 0 Å². The molecular weight excluding hydrogens is 310 g/mol. The monoisotopic (exact) mass is 335 g/mol. The number of benzene rings is 1. The molecule has 0 spiro atoms. The van der Waals surface area contributed by atoms with Crippen molar-refractivity contribution >= 4 is 17.4 Å². The summed E-state index contributed by atoms with van der Waals surface area (Å²) in [6, 6.07) is 12.6. The molecule has 4 nitrogen and oxygen atoms in total. The Morgan fingerprint density at radius 1 is 1.08 bits per heavy atom. The van der Waals surface area contributed by atoms with E-state index in [0.717, 1.165) is 50.2 Å². The van der Waals surface area contributed by atoms with Gasteiger partial charge in [0.25, 0.3) is 5.91 Å². The second kappa shape index (κ2) is 6.87. The van der Waals surface area contributed by atoms with Crippen LogP contribution in [0.5, 0.6) is 0 Å². The second-order valence-electron chi connectivity index (χ2n) is 7.10. The van der Waals surface area contributed by atoms with Crippen molar-refractivity contribution in [3.63, 3.8) is 0 Å². The predicted octanol–water partition coefficient (Wildman–Crippen LogP) is 4.18. The van der Waals surface area contributed by atoms with Gasteiger partial charge >= 0.3 is 0 Å². The highest BCUT2D eigenvalue weighted by atomic mass is 16.2. The van der Waals surface area contributed by atoms with E-state index in [2.05, 4.69) is 41.1 Å². The van der Waals surface area contributed by atoms with E-state index in [1.54, 1.807) is 6.20 Å². The van der Waals surface area contributed by atoms with E-state index in [4.69, 9.17) is 0 Å². The summed E-state index contributed by atoms with van der Waals surface area (Å²) in [7, 11) is 0. The lowest BCUT2D eigenvalue weighted by molar-refractivity contribution is 0.0636. The first-order chi connectivity index (χ1) is 12.3. The smallest absolute Gasteiger partial charge is 0.257 e. The molecule has 1 aromatic heterocycles. The minimum atomic E-state index is 0.123. The molecule has 0 aliphatic carbocycles. The molecule has 0 bridgehead atoms. The maximum absolute atomic E-state index is 13.2. The Morgan fingerprint density at radius 3 is 2.84 bits per heavy atom. The molecule has 1 unspecified atom stereocenters. The molecule has 25 heavy (non-hydrogen) atoms. The number of amides is 1. The zero-order valence-electron chi connectivity index (χ0n) is 14.8. The molecule has 4 heteroatoms. The summed E-state index contributed by atoms with van der Waals surface area (Å²) in [6.07, 6.45) is 7.37. The van der Waals surface area contributed by atoms with Crippen molar-refractivity contribution in [3.8, 4) is 0 Å². The predicted molar refractivity (Wildman–Crippen MR) is 100 cm³/mol. The fourth-order valence-corrected chi connectivity index (χ4v) is 4.09. The molecule has 0 saturated carbocycles. The number of pyridine rings is 1. The number of hydrogen-bond acceptors (Lipinski definition) is 3. The van der Waals surface area contributed by atoms with Crippen LogP contribution < -0.4 is 4.90 Å². The molecule has 4 rings (SSSR count). The van der Waals surface area contributed by atoms with Gasteiger partial charge in [-0.3, -0.25) is 4.79 Å². The SMILES string of the molecule is CC1CCCCN1C(=O)c1cccnc1N1CCCc2ccccc21. The van der Waals surface area contributed by atoms with Gasteiger partial charge < -0.3 is 9.80 Å². The average Bonchev–Trinajstić information content (AvgIpc) is 2.67. The fourth-order valence-electron chi connectivity index (χ4n) is 4.09. The third-order valence-electron chi connectivity index (χ3n) is 5.45. The highest BCUT2D eigenvalue weighted by molar-refractivity contribution is 6.00. The van der Waals surface area contributed by atoms with Crippen LogP contribution >= 0.6 is 0 Å². The molecule has 2 aromatic rings. The highest BCUT2D eigenvalue weighted by Crippen LogP contribution is 2.34. The van der Waals surface area contributed by atoms with Crippen molar-refractivity contribution in [2.24, 2.45) is 0 Å². The third-order valence-corrected chi connectivity index (χ3v) is 5.45. The number of anilines is 2. The van der Waals surface area contributed by atoms with Gasteiger partial charge in [0, 0.05) is 31.0 Å². The Bertz CT molecular complexity index is 773. The summed E-state index contributed by atoms with van der Waals surface area (Å²) >= 11 is 0. The number of likely N-dealkylation sites (tertiary alicyclic amines) is 1. The van der Waals surface area contributed by atoms with Gasteiger partial charge in [0.15, 0.2) is 0 Å². The largest absolute Gasteiger partial charge is 0.336 e. The van der Waals surface area contributed by atoms with Gasteiger partial charge in [-0.25, -0.2) is 4.98 Å². The van der Waals surface area contributed by atoms with Crippen LogP contribution in [0, 0.1) is 0 Å². The summed E-state index contributed by atoms with van der Waals surface area (Å²) in [5.41, 5.74) is 3.25. The van der Waals surface area contributed by atoms with Crippen LogP contribution in [0.2, 0.25) is 0 Å². The highest BCUT2D eigenvalue weighted by Gasteiger charge is 2.29. The number of carbonyl (C=O) groups excluding carboxylic acids is 1. The lowest BCUT2D eigenvalue weighted by Gasteiger charge is -2.35. The number of fused-ring (bicyclic) bond motifs is 1. The Morgan fingerprint density at radius 2 is 1.96 bits per heavy atom. The quantitative estimate of drug-likeness (QED) is 0.826. The average molecular weight is 335 g/mol. The van der Waals surface area contributed by atoms with Crippen molar-refractivity contribution in [1.29, 1.82) is 0 Å². The maximum atomic E-state index is 13.2. The zero-order chi connectivity index (χ0) is 17.2. The number of rotatable bonds is 2. The number of para-hydroxylation sites is 1. The van der Waals surface area contributed by atoms with Gasteiger partial charge in [-0.15, -0.1) is 0 Å². The molecule has 1 amide bonds. The number of aryl methyl sites for hydroxylation is 1. The number of carbonyl (C=O) groups is 1. The maximum Gasteiger partial charge on any atom is 0.257 e. The molecule has 0 N–H and O–H groups in total. The van der Waals surface area contributed by atoms with Crippen LogP contribution in [0.1, 0.15) is 48.5 Å². The van der Waals surface area contributed by atoms with Crippen molar-refractivity contribution < 1.29 is 4.79 Å². The van der Waals surface area contributed by atoms with Gasteiger partial charge in [0.1, 0.15) is 5.82 Å². The summed E-state index contributed by atoms with van der Waals surface area (Å²) in [4.78, 5) is 22.1. The number of piperidine rings is 1. The molecule has 130 valence electrons. The Balaban J connectivity index is 1.72. The fraction of sp³-hybridized carbons (Fsp3) is 0.429. The number of nitrogens with zero attached hydrogens (tertiary/aromatic N) is 3. The minimum Gasteiger partial charge on any atom is -0.336 e. The van der Waals surface area contributed by atoms with Crippen LogP contribution in [0.25, 0.3) is 0 Å². The van der Waals surface area contributed by atoms with Crippen LogP contribution in [0.15, 0.2) is 42.6 Å². The van der Waals surface area contributed by atoms with E-state index >= 15 is 0 Å². The molecule has 2 aliphatic heterocycles. The molecule has 2 aliphatic rings. The zero-order valence-corrected chi connectivity index (χ0v) is 14.8. The molecule has 1 fully saturated rings. The van der Waals surface area contributed by atoms with E-state index in [1.807, 2.05) is 17.0 Å². The van der Waals surface area contributed by atoms with Crippen molar-refractivity contribution in [2.45, 2.75) is 45.1 Å². The van der Waals surface area contributed by atoms with Crippen molar-refractivity contribution in [2.75, 3.05) is 18.0 Å². The van der Waals surface area contributed by atoms with E-state index in [0.29, 0.717) is 6.04 Å². The number of hydrogen-bond donors (Lipinski definition) is 0. The van der Waals surface area contributed by atoms with Gasteiger partial charge in [0.05, 0.1) is 5.56 Å². The van der Waals surface area contributed by atoms with Crippen LogP contribution in [0.3, 0.4) is 0 Å². The van der Waals surface area contributed by atoms with Crippen molar-refractivity contribution in [1.82, 2.24) is 9.88 Å². The summed E-state index contributed by atoms with van der Waals surface area (Å²) in [5, 5.41) is 0. The van der Waals surface area contributed by atoms with Crippen LogP contribution in [-0.4, -0.2) is 34.9 Å². The normalized spacial score (nSPS) is 20.3. The van der Waals surface area contributed by atoms with E-state index in [9.17, 15) is 4.79 Å². The van der Waals surface area contributed by atoms with Gasteiger partial charge in [0.2, 0.25) is 0 Å². The summed E-state index contributed by atoms with van der Waals surface area (Å²) < 4.78 is 0. The van der Waals surface area contributed by atoms with Crippen molar-refractivity contribution in [3.05, 3.63) is 53.7 Å².